The molecule has 1 atom stereocenters. The smallest absolute Gasteiger partial charge is 0.0360 e. The van der Waals surface area contributed by atoms with Gasteiger partial charge in [-0.2, -0.15) is 0 Å². The van der Waals surface area contributed by atoms with Crippen molar-refractivity contribution in [3.8, 4) is 0 Å². The highest BCUT2D eigenvalue weighted by atomic mass is 15.1. The van der Waals surface area contributed by atoms with Gasteiger partial charge in [0.05, 0.1) is 0 Å². The average Bonchev–Trinajstić information content (AvgIpc) is 2.62. The van der Waals surface area contributed by atoms with E-state index in [4.69, 9.17) is 5.73 Å². The molecular weight excluding hydrogens is 186 g/mol. The van der Waals surface area contributed by atoms with Gasteiger partial charge in [0.25, 0.3) is 0 Å². The topological polar surface area (TPSA) is 41.3 Å². The normalized spacial score (nSPS) is 21.8. The minimum atomic E-state index is 0.774. The predicted molar refractivity (Wildman–Crippen MR) is 64.9 cm³/mol. The van der Waals surface area contributed by atoms with Crippen molar-refractivity contribution < 1.29 is 0 Å². The summed E-state index contributed by atoms with van der Waals surface area (Å²) in [5, 5.41) is 3.44. The van der Waals surface area contributed by atoms with E-state index in [1.165, 1.54) is 19.5 Å². The Morgan fingerprint density at radius 1 is 1.53 bits per heavy atom. The molecule has 0 saturated carbocycles. The Labute approximate surface area is 91.3 Å². The first-order valence-electron chi connectivity index (χ1n) is 5.52. The standard InChI is InChI=1S/C12H19N3/c1-15-6-5-10(9-15)8-14-12-4-2-3-11(13)7-12/h2-4,7,10,14H,5-6,8-9,13H2,1H3. The van der Waals surface area contributed by atoms with Gasteiger partial charge in [-0.1, -0.05) is 6.07 Å². The van der Waals surface area contributed by atoms with E-state index in [-0.39, 0.29) is 0 Å². The Bertz CT molecular complexity index is 324. The molecule has 1 aliphatic heterocycles. The second kappa shape index (κ2) is 4.53. The molecule has 1 aromatic carbocycles. The van der Waals surface area contributed by atoms with Crippen LogP contribution in [0.2, 0.25) is 0 Å². The van der Waals surface area contributed by atoms with Crippen molar-refractivity contribution in [2.75, 3.05) is 37.7 Å². The lowest BCUT2D eigenvalue weighted by molar-refractivity contribution is 0.399. The number of nitrogens with zero attached hydrogens (tertiary/aromatic N) is 1. The predicted octanol–water partition coefficient (Wildman–Crippen LogP) is 1.63. The van der Waals surface area contributed by atoms with Gasteiger partial charge in [-0.15, -0.1) is 0 Å². The number of nitrogens with one attached hydrogen (secondary N) is 1. The van der Waals surface area contributed by atoms with Crippen LogP contribution in [-0.2, 0) is 0 Å². The third kappa shape index (κ3) is 2.86. The third-order valence-electron chi connectivity index (χ3n) is 2.97. The molecule has 0 spiro atoms. The van der Waals surface area contributed by atoms with Crippen molar-refractivity contribution in [1.29, 1.82) is 0 Å². The van der Waals surface area contributed by atoms with E-state index in [1.807, 2.05) is 18.2 Å². The zero-order chi connectivity index (χ0) is 10.7. The Balaban J connectivity index is 1.83. The fraction of sp³-hybridized carbons (Fsp3) is 0.500. The second-order valence-corrected chi connectivity index (χ2v) is 4.42. The summed E-state index contributed by atoms with van der Waals surface area (Å²) in [5.41, 5.74) is 7.67. The van der Waals surface area contributed by atoms with Crippen LogP contribution in [0.5, 0.6) is 0 Å². The first kappa shape index (κ1) is 10.3. The summed E-state index contributed by atoms with van der Waals surface area (Å²) in [6.07, 6.45) is 1.30. The molecule has 82 valence electrons. The maximum atomic E-state index is 5.72. The third-order valence-corrected chi connectivity index (χ3v) is 2.97. The number of hydrogen-bond donors (Lipinski definition) is 2. The molecule has 3 N–H and O–H groups in total. The van der Waals surface area contributed by atoms with E-state index in [0.717, 1.165) is 23.8 Å². The second-order valence-electron chi connectivity index (χ2n) is 4.42. The van der Waals surface area contributed by atoms with Gasteiger partial charge in [0.15, 0.2) is 0 Å². The zero-order valence-corrected chi connectivity index (χ0v) is 9.24. The highest BCUT2D eigenvalue weighted by Gasteiger charge is 2.18. The summed E-state index contributed by atoms with van der Waals surface area (Å²) in [6.45, 7) is 3.48. The van der Waals surface area contributed by atoms with Gasteiger partial charge in [-0.25, -0.2) is 0 Å². The van der Waals surface area contributed by atoms with Crippen LogP contribution in [0.1, 0.15) is 6.42 Å². The molecule has 1 aromatic rings. The summed E-state index contributed by atoms with van der Waals surface area (Å²) in [6, 6.07) is 7.95. The monoisotopic (exact) mass is 205 g/mol. The van der Waals surface area contributed by atoms with Crippen molar-refractivity contribution in [1.82, 2.24) is 4.90 Å². The van der Waals surface area contributed by atoms with Crippen molar-refractivity contribution in [2.45, 2.75) is 6.42 Å². The lowest BCUT2D eigenvalue weighted by atomic mass is 10.1. The molecule has 1 fully saturated rings. The highest BCUT2D eigenvalue weighted by Crippen LogP contribution is 2.17. The van der Waals surface area contributed by atoms with Gasteiger partial charge in [0.2, 0.25) is 0 Å². The maximum absolute atomic E-state index is 5.72. The summed E-state index contributed by atoms with van der Waals surface area (Å²) < 4.78 is 0. The molecule has 1 aliphatic rings. The highest BCUT2D eigenvalue weighted by molar-refractivity contribution is 5.54. The fourth-order valence-electron chi connectivity index (χ4n) is 2.10. The van der Waals surface area contributed by atoms with Crippen LogP contribution in [0.3, 0.4) is 0 Å². The Morgan fingerprint density at radius 3 is 3.07 bits per heavy atom. The lowest BCUT2D eigenvalue weighted by Crippen LogP contribution is -2.19. The van der Waals surface area contributed by atoms with Crippen molar-refractivity contribution >= 4 is 11.4 Å². The molecule has 1 saturated heterocycles. The summed E-state index contributed by atoms with van der Waals surface area (Å²) in [4.78, 5) is 2.38. The van der Waals surface area contributed by atoms with Crippen molar-refractivity contribution in [3.05, 3.63) is 24.3 Å². The van der Waals surface area contributed by atoms with Crippen molar-refractivity contribution in [3.63, 3.8) is 0 Å². The largest absolute Gasteiger partial charge is 0.399 e. The van der Waals surface area contributed by atoms with E-state index < -0.39 is 0 Å². The average molecular weight is 205 g/mol. The molecule has 0 bridgehead atoms. The number of nitrogen functional groups attached to an aromatic ring is 1. The van der Waals surface area contributed by atoms with E-state index in [0.29, 0.717) is 0 Å². The SMILES string of the molecule is CN1CCC(CNc2cccc(N)c2)C1. The van der Waals surface area contributed by atoms with E-state index >= 15 is 0 Å². The summed E-state index contributed by atoms with van der Waals surface area (Å²) >= 11 is 0. The van der Waals surface area contributed by atoms with Gasteiger partial charge < -0.3 is 16.0 Å². The van der Waals surface area contributed by atoms with Gasteiger partial charge in [-0.05, 0) is 44.1 Å². The molecular formula is C12H19N3. The van der Waals surface area contributed by atoms with E-state index in [9.17, 15) is 0 Å². The lowest BCUT2D eigenvalue weighted by Gasteiger charge is -2.12. The van der Waals surface area contributed by atoms with Crippen LogP contribution in [0.15, 0.2) is 24.3 Å². The van der Waals surface area contributed by atoms with Crippen LogP contribution in [0, 0.1) is 5.92 Å². The van der Waals surface area contributed by atoms with Crippen LogP contribution < -0.4 is 11.1 Å². The number of hydrogen-bond acceptors (Lipinski definition) is 3. The minimum Gasteiger partial charge on any atom is -0.399 e. The summed E-state index contributed by atoms with van der Waals surface area (Å²) in [7, 11) is 2.18. The Hall–Kier alpha value is -1.22. The molecule has 1 heterocycles. The van der Waals surface area contributed by atoms with Crippen LogP contribution >= 0.6 is 0 Å². The number of anilines is 2. The Kier molecular flexibility index (Phi) is 3.11. The maximum Gasteiger partial charge on any atom is 0.0360 e. The summed E-state index contributed by atoms with van der Waals surface area (Å²) in [5.74, 6) is 0.774. The molecule has 0 radical (unpaired) electrons. The van der Waals surface area contributed by atoms with Gasteiger partial charge in [-0.3, -0.25) is 0 Å². The van der Waals surface area contributed by atoms with Crippen LogP contribution in [0.4, 0.5) is 11.4 Å². The molecule has 3 heteroatoms. The zero-order valence-electron chi connectivity index (χ0n) is 9.24. The Morgan fingerprint density at radius 2 is 2.40 bits per heavy atom. The quantitative estimate of drug-likeness (QED) is 0.737. The first-order chi connectivity index (χ1) is 7.24. The molecule has 1 unspecified atom stereocenters. The van der Waals surface area contributed by atoms with E-state index in [2.05, 4.69) is 23.3 Å². The number of rotatable bonds is 3. The molecule has 15 heavy (non-hydrogen) atoms. The van der Waals surface area contributed by atoms with Crippen LogP contribution in [-0.4, -0.2) is 31.6 Å². The fourth-order valence-corrected chi connectivity index (χ4v) is 2.10. The van der Waals surface area contributed by atoms with E-state index in [1.54, 1.807) is 0 Å². The molecule has 0 aromatic heterocycles. The number of nitrogens with two attached hydrogens (primary N) is 1. The first-order valence-corrected chi connectivity index (χ1v) is 5.52. The molecule has 0 amide bonds. The van der Waals surface area contributed by atoms with Crippen LogP contribution in [0.25, 0.3) is 0 Å². The van der Waals surface area contributed by atoms with Gasteiger partial charge in [0.1, 0.15) is 0 Å². The number of likely N-dealkylation sites (tertiary alicyclic amines) is 1. The van der Waals surface area contributed by atoms with Gasteiger partial charge in [0, 0.05) is 24.5 Å². The van der Waals surface area contributed by atoms with Crippen molar-refractivity contribution in [2.24, 2.45) is 5.92 Å². The minimum absolute atomic E-state index is 0.774. The molecule has 2 rings (SSSR count). The number of benzene rings is 1. The molecule has 3 nitrogen and oxygen atoms in total. The van der Waals surface area contributed by atoms with Gasteiger partial charge >= 0.3 is 0 Å². The molecule has 0 aliphatic carbocycles.